The van der Waals surface area contributed by atoms with Gasteiger partial charge in [-0.15, -0.1) is 24.0 Å². The molecule has 0 aliphatic carbocycles. The standard InChI is InChI=1S/C21H29N5.HI/c1-17-6-4-8-20(18(17)2)25-12-14-26(15-13-25)21(22-3)24-11-9-19-7-5-10-23-16-19;/h4-8,10,16H,9,11-15H2,1-3H3,(H,22,24);1H. The van der Waals surface area contributed by atoms with E-state index in [1.165, 1.54) is 22.4 Å². The van der Waals surface area contributed by atoms with Crippen LogP contribution in [0.5, 0.6) is 0 Å². The average Bonchev–Trinajstić information content (AvgIpc) is 2.69. The second-order valence-electron chi connectivity index (χ2n) is 6.78. The van der Waals surface area contributed by atoms with Crippen LogP contribution >= 0.6 is 24.0 Å². The van der Waals surface area contributed by atoms with Crippen molar-refractivity contribution in [2.45, 2.75) is 20.3 Å². The highest BCUT2D eigenvalue weighted by Gasteiger charge is 2.20. The highest BCUT2D eigenvalue weighted by molar-refractivity contribution is 14.0. The number of guanidine groups is 1. The zero-order chi connectivity index (χ0) is 18.4. The van der Waals surface area contributed by atoms with Gasteiger partial charge in [-0.25, -0.2) is 0 Å². The Bertz CT molecular complexity index is 739. The van der Waals surface area contributed by atoms with E-state index in [2.05, 4.69) is 63.2 Å². The first-order chi connectivity index (χ1) is 12.7. The zero-order valence-corrected chi connectivity index (χ0v) is 18.8. The van der Waals surface area contributed by atoms with Crippen molar-refractivity contribution in [1.82, 2.24) is 15.2 Å². The Hall–Kier alpha value is -1.83. The predicted molar refractivity (Wildman–Crippen MR) is 124 cm³/mol. The molecule has 2 aromatic rings. The van der Waals surface area contributed by atoms with Crippen molar-refractivity contribution in [2.75, 3.05) is 44.7 Å². The summed E-state index contributed by atoms with van der Waals surface area (Å²) in [6, 6.07) is 10.7. The fourth-order valence-corrected chi connectivity index (χ4v) is 3.43. The lowest BCUT2D eigenvalue weighted by Gasteiger charge is -2.38. The molecule has 1 aromatic heterocycles. The van der Waals surface area contributed by atoms with Gasteiger partial charge in [0.1, 0.15) is 0 Å². The van der Waals surface area contributed by atoms with E-state index in [1.807, 2.05) is 25.5 Å². The van der Waals surface area contributed by atoms with E-state index in [-0.39, 0.29) is 24.0 Å². The zero-order valence-electron chi connectivity index (χ0n) is 16.5. The van der Waals surface area contributed by atoms with E-state index < -0.39 is 0 Å². The third kappa shape index (κ3) is 5.57. The topological polar surface area (TPSA) is 43.8 Å². The summed E-state index contributed by atoms with van der Waals surface area (Å²) in [6.45, 7) is 9.29. The molecule has 1 fully saturated rings. The second kappa shape index (κ2) is 10.5. The van der Waals surface area contributed by atoms with Crippen molar-refractivity contribution < 1.29 is 0 Å². The molecule has 0 atom stereocenters. The number of benzene rings is 1. The Labute approximate surface area is 179 Å². The summed E-state index contributed by atoms with van der Waals surface area (Å²) >= 11 is 0. The Morgan fingerprint density at radius 1 is 1.11 bits per heavy atom. The van der Waals surface area contributed by atoms with Gasteiger partial charge in [0.15, 0.2) is 5.96 Å². The molecule has 27 heavy (non-hydrogen) atoms. The number of aliphatic imine (C=N–C) groups is 1. The molecule has 1 saturated heterocycles. The van der Waals surface area contributed by atoms with Crippen molar-refractivity contribution >= 4 is 35.6 Å². The van der Waals surface area contributed by atoms with Gasteiger partial charge in [0.25, 0.3) is 0 Å². The first kappa shape index (κ1) is 21.5. The summed E-state index contributed by atoms with van der Waals surface area (Å²) in [5.74, 6) is 0.995. The van der Waals surface area contributed by atoms with Crippen molar-refractivity contribution in [3.05, 3.63) is 59.4 Å². The molecule has 0 unspecified atom stereocenters. The number of aromatic nitrogens is 1. The highest BCUT2D eigenvalue weighted by atomic mass is 127. The van der Waals surface area contributed by atoms with Crippen LogP contribution in [0.15, 0.2) is 47.7 Å². The molecule has 0 bridgehead atoms. The Kier molecular flexibility index (Phi) is 8.34. The Morgan fingerprint density at radius 3 is 2.56 bits per heavy atom. The molecule has 3 rings (SSSR count). The van der Waals surface area contributed by atoms with E-state index >= 15 is 0 Å². The van der Waals surface area contributed by atoms with Crippen LogP contribution in [0, 0.1) is 13.8 Å². The van der Waals surface area contributed by atoms with Gasteiger partial charge in [0, 0.05) is 57.9 Å². The van der Waals surface area contributed by atoms with Crippen molar-refractivity contribution in [3.63, 3.8) is 0 Å². The van der Waals surface area contributed by atoms with Crippen LogP contribution in [0.25, 0.3) is 0 Å². The number of rotatable bonds is 4. The Balaban J connectivity index is 0.00000261. The third-order valence-corrected chi connectivity index (χ3v) is 5.13. The number of nitrogens with zero attached hydrogens (tertiary/aromatic N) is 4. The van der Waals surface area contributed by atoms with Crippen molar-refractivity contribution in [2.24, 2.45) is 4.99 Å². The van der Waals surface area contributed by atoms with E-state index in [1.54, 1.807) is 0 Å². The normalized spacial score (nSPS) is 14.7. The number of hydrogen-bond donors (Lipinski definition) is 1. The van der Waals surface area contributed by atoms with Crippen LogP contribution in [0.4, 0.5) is 5.69 Å². The first-order valence-corrected chi connectivity index (χ1v) is 9.34. The second-order valence-corrected chi connectivity index (χ2v) is 6.78. The predicted octanol–water partition coefficient (Wildman–Crippen LogP) is 3.26. The van der Waals surface area contributed by atoms with Crippen LogP contribution < -0.4 is 10.2 Å². The average molecular weight is 479 g/mol. The molecule has 1 aromatic carbocycles. The minimum atomic E-state index is 0. The van der Waals surface area contributed by atoms with Crippen molar-refractivity contribution in [1.29, 1.82) is 0 Å². The third-order valence-electron chi connectivity index (χ3n) is 5.13. The number of halogens is 1. The minimum absolute atomic E-state index is 0. The van der Waals surface area contributed by atoms with E-state index in [9.17, 15) is 0 Å². The number of nitrogens with one attached hydrogen (secondary N) is 1. The fraction of sp³-hybridized carbons (Fsp3) is 0.429. The Morgan fingerprint density at radius 2 is 1.89 bits per heavy atom. The number of anilines is 1. The fourth-order valence-electron chi connectivity index (χ4n) is 3.43. The molecule has 0 amide bonds. The molecule has 2 heterocycles. The van der Waals surface area contributed by atoms with Gasteiger partial charge in [0.05, 0.1) is 0 Å². The molecular formula is C21H30IN5. The molecule has 146 valence electrons. The van der Waals surface area contributed by atoms with Crippen LogP contribution in [0.1, 0.15) is 16.7 Å². The maximum absolute atomic E-state index is 4.47. The molecule has 0 saturated carbocycles. The lowest BCUT2D eigenvalue weighted by molar-refractivity contribution is 0.372. The molecule has 1 aliphatic rings. The molecule has 5 nitrogen and oxygen atoms in total. The van der Waals surface area contributed by atoms with Gasteiger partial charge in [-0.3, -0.25) is 9.98 Å². The lowest BCUT2D eigenvalue weighted by Crippen LogP contribution is -2.53. The maximum Gasteiger partial charge on any atom is 0.193 e. The quantitative estimate of drug-likeness (QED) is 0.416. The van der Waals surface area contributed by atoms with Gasteiger partial charge in [0.2, 0.25) is 0 Å². The largest absolute Gasteiger partial charge is 0.368 e. The van der Waals surface area contributed by atoms with Gasteiger partial charge < -0.3 is 15.1 Å². The summed E-state index contributed by atoms with van der Waals surface area (Å²) in [6.07, 6.45) is 4.69. The monoisotopic (exact) mass is 479 g/mol. The molecule has 0 radical (unpaired) electrons. The lowest BCUT2D eigenvalue weighted by atomic mass is 10.1. The number of aryl methyl sites for hydroxylation is 1. The molecule has 1 aliphatic heterocycles. The number of piperazine rings is 1. The van der Waals surface area contributed by atoms with E-state index in [0.717, 1.165) is 45.1 Å². The SMILES string of the molecule is CN=C(NCCc1cccnc1)N1CCN(c2cccc(C)c2C)CC1.I. The highest BCUT2D eigenvalue weighted by Crippen LogP contribution is 2.23. The molecule has 0 spiro atoms. The van der Waals surface area contributed by atoms with Gasteiger partial charge >= 0.3 is 0 Å². The number of hydrogen-bond acceptors (Lipinski definition) is 3. The summed E-state index contributed by atoms with van der Waals surface area (Å²) in [4.78, 5) is 13.5. The summed E-state index contributed by atoms with van der Waals surface area (Å²) in [5, 5.41) is 3.49. The maximum atomic E-state index is 4.47. The van der Waals surface area contributed by atoms with Crippen LogP contribution in [0.2, 0.25) is 0 Å². The molecule has 1 N–H and O–H groups in total. The van der Waals surface area contributed by atoms with Crippen LogP contribution in [0.3, 0.4) is 0 Å². The van der Waals surface area contributed by atoms with Crippen LogP contribution in [-0.4, -0.2) is 55.6 Å². The molecular weight excluding hydrogens is 449 g/mol. The minimum Gasteiger partial charge on any atom is -0.368 e. The van der Waals surface area contributed by atoms with E-state index in [4.69, 9.17) is 0 Å². The summed E-state index contributed by atoms with van der Waals surface area (Å²) in [7, 11) is 1.86. The van der Waals surface area contributed by atoms with E-state index in [0.29, 0.717) is 0 Å². The van der Waals surface area contributed by atoms with Gasteiger partial charge in [-0.05, 0) is 49.1 Å². The first-order valence-electron chi connectivity index (χ1n) is 9.34. The van der Waals surface area contributed by atoms with Gasteiger partial charge in [-0.2, -0.15) is 0 Å². The summed E-state index contributed by atoms with van der Waals surface area (Å²) < 4.78 is 0. The van der Waals surface area contributed by atoms with Crippen LogP contribution in [-0.2, 0) is 6.42 Å². The molecule has 6 heteroatoms. The number of pyridine rings is 1. The smallest absolute Gasteiger partial charge is 0.193 e. The van der Waals surface area contributed by atoms with Gasteiger partial charge in [-0.1, -0.05) is 18.2 Å². The van der Waals surface area contributed by atoms with Crippen molar-refractivity contribution in [3.8, 4) is 0 Å². The summed E-state index contributed by atoms with van der Waals surface area (Å²) in [5.41, 5.74) is 5.36.